The van der Waals surface area contributed by atoms with Gasteiger partial charge in [-0.2, -0.15) is 13.2 Å². The molecule has 0 aliphatic carbocycles. The number of hydrogen-bond acceptors (Lipinski definition) is 6. The van der Waals surface area contributed by atoms with Gasteiger partial charge in [-0.05, 0) is 60.4 Å². The van der Waals surface area contributed by atoms with Gasteiger partial charge in [0.05, 0.1) is 6.10 Å². The van der Waals surface area contributed by atoms with Crippen molar-refractivity contribution in [2.45, 2.75) is 37.5 Å². The molecule has 2 unspecified atom stereocenters. The third kappa shape index (κ3) is 7.46. The lowest BCUT2D eigenvalue weighted by atomic mass is 10.0. The molecule has 0 saturated carbocycles. The minimum absolute atomic E-state index is 0.0464. The number of benzene rings is 3. The van der Waals surface area contributed by atoms with Crippen LogP contribution in [-0.4, -0.2) is 53.1 Å². The number of aromatic carboxylic acids is 1. The average molecular weight is 590 g/mol. The molecule has 3 aromatic carbocycles. The van der Waals surface area contributed by atoms with Crippen molar-refractivity contribution in [2.24, 2.45) is 0 Å². The molecule has 0 fully saturated rings. The molecule has 218 valence electrons. The second-order valence-electron chi connectivity index (χ2n) is 9.83. The Labute approximate surface area is 235 Å². The van der Waals surface area contributed by atoms with Gasteiger partial charge in [0.15, 0.2) is 0 Å². The van der Waals surface area contributed by atoms with Gasteiger partial charge in [-0.3, -0.25) is 0 Å². The van der Waals surface area contributed by atoms with Crippen LogP contribution in [0.15, 0.2) is 78.9 Å². The summed E-state index contributed by atoms with van der Waals surface area (Å²) in [5.41, 5.74) is -1.89. The SMILES string of the molecule is CC(Cc1ccc2c(c1)cc(C(=O)O)n2Cc1ccc(NCS(=O)(=O)C(F)(F)F)cc1)NCC(O)c1ccccc1. The van der Waals surface area contributed by atoms with Crippen LogP contribution in [0.1, 0.15) is 40.2 Å². The quantitative estimate of drug-likeness (QED) is 0.185. The van der Waals surface area contributed by atoms with Crippen LogP contribution in [0.25, 0.3) is 10.9 Å². The summed E-state index contributed by atoms with van der Waals surface area (Å²) in [5, 5.41) is 26.5. The van der Waals surface area contributed by atoms with Crippen molar-refractivity contribution in [3.05, 3.63) is 101 Å². The predicted octanol–water partition coefficient (Wildman–Crippen LogP) is 4.95. The van der Waals surface area contributed by atoms with Crippen molar-refractivity contribution in [2.75, 3.05) is 17.7 Å². The molecule has 0 aliphatic rings. The van der Waals surface area contributed by atoms with E-state index in [0.29, 0.717) is 24.0 Å². The van der Waals surface area contributed by atoms with Gasteiger partial charge in [-0.1, -0.05) is 48.5 Å². The maximum atomic E-state index is 12.6. The summed E-state index contributed by atoms with van der Waals surface area (Å²) in [6.45, 7) is 2.58. The summed E-state index contributed by atoms with van der Waals surface area (Å²) in [4.78, 5) is 12.0. The Morgan fingerprint density at radius 1 is 0.976 bits per heavy atom. The van der Waals surface area contributed by atoms with E-state index in [1.54, 1.807) is 22.8 Å². The molecule has 0 saturated heterocycles. The molecule has 0 radical (unpaired) electrons. The van der Waals surface area contributed by atoms with Crippen LogP contribution in [-0.2, 0) is 22.8 Å². The van der Waals surface area contributed by atoms with Gasteiger partial charge in [0.25, 0.3) is 9.84 Å². The summed E-state index contributed by atoms with van der Waals surface area (Å²) in [7, 11) is -5.31. The number of nitrogens with one attached hydrogen (secondary N) is 2. The minimum atomic E-state index is -5.35. The third-order valence-corrected chi connectivity index (χ3v) is 7.91. The highest BCUT2D eigenvalue weighted by molar-refractivity contribution is 7.92. The summed E-state index contributed by atoms with van der Waals surface area (Å²) in [5.74, 6) is -2.39. The summed E-state index contributed by atoms with van der Waals surface area (Å²) >= 11 is 0. The van der Waals surface area contributed by atoms with E-state index in [-0.39, 0.29) is 24.0 Å². The maximum absolute atomic E-state index is 12.6. The van der Waals surface area contributed by atoms with E-state index in [4.69, 9.17) is 0 Å². The molecule has 0 amide bonds. The second kappa shape index (κ2) is 12.3. The number of anilines is 1. The van der Waals surface area contributed by atoms with Crippen molar-refractivity contribution >= 4 is 32.4 Å². The van der Waals surface area contributed by atoms with E-state index in [1.807, 2.05) is 55.5 Å². The number of hydrogen-bond donors (Lipinski definition) is 4. The van der Waals surface area contributed by atoms with Crippen molar-refractivity contribution in [3.63, 3.8) is 0 Å². The molecule has 8 nitrogen and oxygen atoms in total. The number of carboxylic acids is 1. The van der Waals surface area contributed by atoms with Gasteiger partial charge in [-0.25, -0.2) is 13.2 Å². The van der Waals surface area contributed by atoms with Crippen LogP contribution in [0.3, 0.4) is 0 Å². The van der Waals surface area contributed by atoms with Crippen LogP contribution in [0.2, 0.25) is 0 Å². The highest BCUT2D eigenvalue weighted by Gasteiger charge is 2.45. The van der Waals surface area contributed by atoms with Crippen LogP contribution < -0.4 is 10.6 Å². The number of fused-ring (bicyclic) bond motifs is 1. The molecule has 4 aromatic rings. The lowest BCUT2D eigenvalue weighted by molar-refractivity contribution is -0.0433. The normalized spacial score (nSPS) is 13.7. The smallest absolute Gasteiger partial charge is 0.477 e. The number of halogens is 3. The highest BCUT2D eigenvalue weighted by atomic mass is 32.2. The first-order valence-electron chi connectivity index (χ1n) is 12.8. The zero-order valence-corrected chi connectivity index (χ0v) is 22.9. The van der Waals surface area contributed by atoms with Crippen molar-refractivity contribution < 1.29 is 36.6 Å². The Morgan fingerprint density at radius 3 is 2.27 bits per heavy atom. The number of aromatic nitrogens is 1. The number of aliphatic hydroxyl groups is 1. The van der Waals surface area contributed by atoms with Crippen molar-refractivity contribution in [1.29, 1.82) is 0 Å². The molecule has 41 heavy (non-hydrogen) atoms. The van der Waals surface area contributed by atoms with E-state index < -0.39 is 33.3 Å². The molecule has 1 aromatic heterocycles. The van der Waals surface area contributed by atoms with Gasteiger partial charge < -0.3 is 25.4 Å². The molecular weight excluding hydrogens is 559 g/mol. The first-order valence-corrected chi connectivity index (χ1v) is 14.4. The summed E-state index contributed by atoms with van der Waals surface area (Å²) in [6, 6.07) is 22.8. The lowest BCUT2D eigenvalue weighted by Gasteiger charge is -2.18. The van der Waals surface area contributed by atoms with Gasteiger partial charge in [0.2, 0.25) is 0 Å². The number of rotatable bonds is 12. The molecular formula is C29H30F3N3O5S. The van der Waals surface area contributed by atoms with Gasteiger partial charge in [0, 0.05) is 35.7 Å². The predicted molar refractivity (Wildman–Crippen MR) is 150 cm³/mol. The average Bonchev–Trinajstić information content (AvgIpc) is 3.29. The van der Waals surface area contributed by atoms with Gasteiger partial charge >= 0.3 is 11.5 Å². The Kier molecular flexibility index (Phi) is 9.05. The van der Waals surface area contributed by atoms with Crippen LogP contribution >= 0.6 is 0 Å². The molecule has 4 N–H and O–H groups in total. The maximum Gasteiger partial charge on any atom is 0.499 e. The molecule has 2 atom stereocenters. The standard InChI is InChI=1S/C29H30F3N3O5S/c1-19(33-16-27(36)22-5-3-2-4-6-22)13-21-9-12-25-23(14-21)15-26(28(37)38)35(25)17-20-7-10-24(11-8-20)34-18-41(39,40)29(30,31)32/h2-12,14-15,19,27,33-34,36H,13,16-18H2,1H3,(H,37,38). The molecule has 0 bridgehead atoms. The number of nitrogens with zero attached hydrogens (tertiary/aromatic N) is 1. The summed E-state index contributed by atoms with van der Waals surface area (Å²) in [6.07, 6.45) is 0.0230. The minimum Gasteiger partial charge on any atom is -0.477 e. The fraction of sp³-hybridized carbons (Fsp3) is 0.276. The van der Waals surface area contributed by atoms with E-state index in [2.05, 4.69) is 10.6 Å². The first-order chi connectivity index (χ1) is 19.3. The topological polar surface area (TPSA) is 121 Å². The Morgan fingerprint density at radius 2 is 1.63 bits per heavy atom. The third-order valence-electron chi connectivity index (χ3n) is 6.68. The van der Waals surface area contributed by atoms with Gasteiger partial charge in [0.1, 0.15) is 11.6 Å². The number of carboxylic acid groups (broad SMARTS) is 1. The van der Waals surface area contributed by atoms with Crippen LogP contribution in [0.5, 0.6) is 0 Å². The van der Waals surface area contributed by atoms with E-state index in [9.17, 15) is 36.6 Å². The molecule has 0 aliphatic heterocycles. The van der Waals surface area contributed by atoms with E-state index in [0.717, 1.165) is 16.5 Å². The Balaban J connectivity index is 1.44. The largest absolute Gasteiger partial charge is 0.499 e. The van der Waals surface area contributed by atoms with E-state index >= 15 is 0 Å². The van der Waals surface area contributed by atoms with Crippen molar-refractivity contribution in [3.8, 4) is 0 Å². The number of sulfone groups is 1. The van der Waals surface area contributed by atoms with E-state index in [1.165, 1.54) is 12.1 Å². The van der Waals surface area contributed by atoms with Crippen molar-refractivity contribution in [1.82, 2.24) is 9.88 Å². The molecule has 1 heterocycles. The fourth-order valence-corrected chi connectivity index (χ4v) is 5.02. The lowest BCUT2D eigenvalue weighted by Crippen LogP contribution is -2.32. The molecule has 0 spiro atoms. The highest BCUT2D eigenvalue weighted by Crippen LogP contribution is 2.26. The van der Waals surface area contributed by atoms with Crippen LogP contribution in [0, 0.1) is 0 Å². The second-order valence-corrected chi connectivity index (χ2v) is 11.8. The number of aliphatic hydroxyl groups excluding tert-OH is 1. The zero-order chi connectivity index (χ0) is 29.8. The Hall–Kier alpha value is -3.87. The van der Waals surface area contributed by atoms with Gasteiger partial charge in [-0.15, -0.1) is 0 Å². The van der Waals surface area contributed by atoms with Crippen LogP contribution in [0.4, 0.5) is 18.9 Å². The zero-order valence-electron chi connectivity index (χ0n) is 22.1. The Bertz CT molecular complexity index is 1600. The molecule has 4 rings (SSSR count). The number of alkyl halides is 3. The summed E-state index contributed by atoms with van der Waals surface area (Å²) < 4.78 is 61.8. The number of carbonyl (C=O) groups is 1. The molecule has 12 heteroatoms. The first kappa shape index (κ1) is 30.1. The monoisotopic (exact) mass is 589 g/mol. The fourth-order valence-electron chi connectivity index (χ4n) is 4.50.